The van der Waals surface area contributed by atoms with Crippen LogP contribution in [0, 0.1) is 6.92 Å². The standard InChI is InChI=1S/C26H23NO4S/c1-20-11-17-25(18-12-20)32(28,29)31-26-10-6-5-7-21(26)19-27-22-13-15-24(16-14-22)30-23-8-3-2-4-9-23/h2-18,27H,19H2,1H3. The molecule has 4 rings (SSSR count). The molecular weight excluding hydrogens is 422 g/mol. The molecule has 0 unspecified atom stereocenters. The zero-order valence-electron chi connectivity index (χ0n) is 17.6. The monoisotopic (exact) mass is 445 g/mol. The Balaban J connectivity index is 1.43. The van der Waals surface area contributed by atoms with Gasteiger partial charge in [0.15, 0.2) is 0 Å². The second-order valence-electron chi connectivity index (χ2n) is 7.25. The van der Waals surface area contributed by atoms with Gasteiger partial charge in [-0.25, -0.2) is 0 Å². The number of rotatable bonds is 8. The first-order chi connectivity index (χ1) is 15.5. The minimum atomic E-state index is -3.92. The van der Waals surface area contributed by atoms with Gasteiger partial charge in [0.2, 0.25) is 0 Å². The molecule has 0 fully saturated rings. The van der Waals surface area contributed by atoms with Gasteiger partial charge >= 0.3 is 10.1 Å². The maximum Gasteiger partial charge on any atom is 0.339 e. The smallest absolute Gasteiger partial charge is 0.339 e. The molecule has 4 aromatic carbocycles. The number of anilines is 1. The summed E-state index contributed by atoms with van der Waals surface area (Å²) in [6.45, 7) is 2.30. The van der Waals surface area contributed by atoms with Crippen LogP contribution in [0.4, 0.5) is 5.69 Å². The van der Waals surface area contributed by atoms with Crippen LogP contribution in [-0.4, -0.2) is 8.42 Å². The van der Waals surface area contributed by atoms with Crippen LogP contribution in [0.25, 0.3) is 0 Å². The van der Waals surface area contributed by atoms with Gasteiger partial charge in [-0.15, -0.1) is 0 Å². The Labute approximate surface area is 188 Å². The van der Waals surface area contributed by atoms with Crippen molar-refractivity contribution in [2.75, 3.05) is 5.32 Å². The molecule has 0 aliphatic carbocycles. The molecule has 5 nitrogen and oxygen atoms in total. The lowest BCUT2D eigenvalue weighted by molar-refractivity contribution is 0.482. The maximum atomic E-state index is 12.7. The van der Waals surface area contributed by atoms with Crippen LogP contribution in [-0.2, 0) is 16.7 Å². The normalized spacial score (nSPS) is 11.0. The quantitative estimate of drug-likeness (QED) is 0.329. The van der Waals surface area contributed by atoms with Gasteiger partial charge in [-0.05, 0) is 61.5 Å². The molecule has 0 radical (unpaired) electrons. The number of nitrogens with one attached hydrogen (secondary N) is 1. The molecular formula is C26H23NO4S. The van der Waals surface area contributed by atoms with Gasteiger partial charge in [0.25, 0.3) is 0 Å². The van der Waals surface area contributed by atoms with Gasteiger partial charge in [-0.2, -0.15) is 8.42 Å². The number of ether oxygens (including phenoxy) is 1. The average Bonchev–Trinajstić information content (AvgIpc) is 2.80. The highest BCUT2D eigenvalue weighted by molar-refractivity contribution is 7.87. The van der Waals surface area contributed by atoms with Gasteiger partial charge in [0.1, 0.15) is 22.1 Å². The van der Waals surface area contributed by atoms with Crippen LogP contribution in [0.15, 0.2) is 108 Å². The van der Waals surface area contributed by atoms with Gasteiger partial charge in [0.05, 0.1) is 0 Å². The number of para-hydroxylation sites is 2. The van der Waals surface area contributed by atoms with Crippen LogP contribution >= 0.6 is 0 Å². The summed E-state index contributed by atoms with van der Waals surface area (Å²) in [5, 5.41) is 3.30. The molecule has 0 atom stereocenters. The first-order valence-electron chi connectivity index (χ1n) is 10.2. The number of benzene rings is 4. The van der Waals surface area contributed by atoms with Crippen molar-refractivity contribution in [1.29, 1.82) is 0 Å². The molecule has 6 heteroatoms. The zero-order valence-corrected chi connectivity index (χ0v) is 18.4. The van der Waals surface area contributed by atoms with Crippen LogP contribution in [0.5, 0.6) is 17.2 Å². The summed E-state index contributed by atoms with van der Waals surface area (Å²) in [6.07, 6.45) is 0. The highest BCUT2D eigenvalue weighted by atomic mass is 32.2. The zero-order chi connectivity index (χ0) is 22.4. The molecule has 0 bridgehead atoms. The topological polar surface area (TPSA) is 64.6 Å². The first-order valence-corrected chi connectivity index (χ1v) is 11.6. The van der Waals surface area contributed by atoms with Crippen LogP contribution < -0.4 is 14.2 Å². The molecule has 0 aliphatic heterocycles. The summed E-state index contributed by atoms with van der Waals surface area (Å²) in [6, 6.07) is 30.8. The third-order valence-electron chi connectivity index (χ3n) is 4.80. The van der Waals surface area contributed by atoms with Gasteiger partial charge in [0, 0.05) is 17.8 Å². The Morgan fingerprint density at radius 3 is 2.06 bits per heavy atom. The van der Waals surface area contributed by atoms with E-state index in [-0.39, 0.29) is 4.90 Å². The van der Waals surface area contributed by atoms with Crippen molar-refractivity contribution >= 4 is 15.8 Å². The fraction of sp³-hybridized carbons (Fsp3) is 0.0769. The summed E-state index contributed by atoms with van der Waals surface area (Å²) >= 11 is 0. The Hall–Kier alpha value is -3.77. The lowest BCUT2D eigenvalue weighted by Crippen LogP contribution is -2.12. The van der Waals surface area contributed by atoms with E-state index in [1.807, 2.05) is 73.7 Å². The summed E-state index contributed by atoms with van der Waals surface area (Å²) in [7, 11) is -3.92. The summed E-state index contributed by atoms with van der Waals surface area (Å²) < 4.78 is 36.6. The van der Waals surface area contributed by atoms with Crippen molar-refractivity contribution in [3.8, 4) is 17.2 Å². The fourth-order valence-electron chi connectivity index (χ4n) is 3.07. The molecule has 0 heterocycles. The van der Waals surface area contributed by atoms with Crippen molar-refractivity contribution in [3.63, 3.8) is 0 Å². The van der Waals surface area contributed by atoms with Crippen molar-refractivity contribution < 1.29 is 17.3 Å². The molecule has 0 saturated heterocycles. The molecule has 4 aromatic rings. The Morgan fingerprint density at radius 1 is 0.719 bits per heavy atom. The highest BCUT2D eigenvalue weighted by Gasteiger charge is 2.18. The van der Waals surface area contributed by atoms with Crippen molar-refractivity contribution in [2.24, 2.45) is 0 Å². The second kappa shape index (κ2) is 9.58. The van der Waals surface area contributed by atoms with Crippen LogP contribution in [0.1, 0.15) is 11.1 Å². The van der Waals surface area contributed by atoms with Crippen LogP contribution in [0.3, 0.4) is 0 Å². The van der Waals surface area contributed by atoms with Crippen molar-refractivity contribution in [1.82, 2.24) is 0 Å². The Bertz CT molecular complexity index is 1270. The predicted octanol–water partition coefficient (Wildman–Crippen LogP) is 6.17. The summed E-state index contributed by atoms with van der Waals surface area (Å²) in [4.78, 5) is 0.125. The number of hydrogen-bond acceptors (Lipinski definition) is 5. The van der Waals surface area contributed by atoms with E-state index < -0.39 is 10.1 Å². The predicted molar refractivity (Wildman–Crippen MR) is 126 cm³/mol. The molecule has 162 valence electrons. The Morgan fingerprint density at radius 2 is 1.34 bits per heavy atom. The number of aryl methyl sites for hydroxylation is 1. The van der Waals surface area contributed by atoms with Crippen molar-refractivity contribution in [3.05, 3.63) is 114 Å². The van der Waals surface area contributed by atoms with E-state index in [1.54, 1.807) is 36.4 Å². The fourth-order valence-corrected chi connectivity index (χ4v) is 4.03. The van der Waals surface area contributed by atoms with Crippen molar-refractivity contribution in [2.45, 2.75) is 18.4 Å². The van der Waals surface area contributed by atoms with Crippen LogP contribution in [0.2, 0.25) is 0 Å². The van der Waals surface area contributed by atoms with E-state index in [2.05, 4.69) is 5.32 Å². The Kier molecular flexibility index (Phi) is 6.42. The van der Waals surface area contributed by atoms with E-state index in [1.165, 1.54) is 0 Å². The molecule has 0 aliphatic rings. The lowest BCUT2D eigenvalue weighted by atomic mass is 10.2. The third kappa shape index (κ3) is 5.47. The van der Waals surface area contributed by atoms with E-state index >= 15 is 0 Å². The van der Waals surface area contributed by atoms with E-state index in [4.69, 9.17) is 8.92 Å². The number of hydrogen-bond donors (Lipinski definition) is 1. The molecule has 0 amide bonds. The largest absolute Gasteiger partial charge is 0.457 e. The average molecular weight is 446 g/mol. The molecule has 0 spiro atoms. The van der Waals surface area contributed by atoms with E-state index in [0.29, 0.717) is 12.3 Å². The van der Waals surface area contributed by atoms with E-state index in [0.717, 1.165) is 28.3 Å². The lowest BCUT2D eigenvalue weighted by Gasteiger charge is -2.13. The molecule has 32 heavy (non-hydrogen) atoms. The maximum absolute atomic E-state index is 12.7. The SMILES string of the molecule is Cc1ccc(S(=O)(=O)Oc2ccccc2CNc2ccc(Oc3ccccc3)cc2)cc1. The second-order valence-corrected chi connectivity index (χ2v) is 8.80. The molecule has 1 N–H and O–H groups in total. The first kappa shape index (κ1) is 21.5. The van der Waals surface area contributed by atoms with Gasteiger partial charge in [-0.3, -0.25) is 0 Å². The van der Waals surface area contributed by atoms with Gasteiger partial charge in [-0.1, -0.05) is 54.1 Å². The highest BCUT2D eigenvalue weighted by Crippen LogP contribution is 2.26. The minimum Gasteiger partial charge on any atom is -0.457 e. The van der Waals surface area contributed by atoms with E-state index in [9.17, 15) is 8.42 Å². The third-order valence-corrected chi connectivity index (χ3v) is 6.05. The molecule has 0 aromatic heterocycles. The summed E-state index contributed by atoms with van der Waals surface area (Å²) in [5.41, 5.74) is 2.59. The summed E-state index contributed by atoms with van der Waals surface area (Å²) in [5.74, 6) is 1.80. The minimum absolute atomic E-state index is 0.125. The van der Waals surface area contributed by atoms with Gasteiger partial charge < -0.3 is 14.2 Å². The molecule has 0 saturated carbocycles.